The second-order valence-electron chi connectivity index (χ2n) is 5.45. The van der Waals surface area contributed by atoms with Crippen molar-refractivity contribution in [1.82, 2.24) is 14.8 Å². The molecule has 0 aromatic carbocycles. The van der Waals surface area contributed by atoms with E-state index >= 15 is 0 Å². The summed E-state index contributed by atoms with van der Waals surface area (Å²) >= 11 is 0. The van der Waals surface area contributed by atoms with Crippen molar-refractivity contribution in [3.63, 3.8) is 0 Å². The van der Waals surface area contributed by atoms with Gasteiger partial charge in [0.15, 0.2) is 0 Å². The number of carbonyl (C=O) groups excluding carboxylic acids is 2. The molecule has 1 aliphatic rings. The summed E-state index contributed by atoms with van der Waals surface area (Å²) in [5.74, 6) is 0.0994. The zero-order valence-corrected chi connectivity index (χ0v) is 12.9. The first kappa shape index (κ1) is 16.1. The van der Waals surface area contributed by atoms with Crippen LogP contribution >= 0.6 is 0 Å². The van der Waals surface area contributed by atoms with Crippen LogP contribution in [0.25, 0.3) is 0 Å². The van der Waals surface area contributed by atoms with Crippen molar-refractivity contribution >= 4 is 12.0 Å². The molecule has 120 valence electrons. The lowest BCUT2D eigenvalue weighted by atomic mass is 9.96. The van der Waals surface area contributed by atoms with Crippen molar-refractivity contribution < 1.29 is 14.3 Å². The second kappa shape index (κ2) is 7.11. The Morgan fingerprint density at radius 1 is 1.36 bits per heavy atom. The Balaban J connectivity index is 1.91. The van der Waals surface area contributed by atoms with E-state index in [0.29, 0.717) is 25.6 Å². The summed E-state index contributed by atoms with van der Waals surface area (Å²) in [6.07, 6.45) is 2.78. The highest BCUT2D eigenvalue weighted by molar-refractivity contribution is 5.93. The van der Waals surface area contributed by atoms with Crippen LogP contribution in [0.3, 0.4) is 0 Å². The number of carbonyl (C=O) groups is 2. The van der Waals surface area contributed by atoms with Crippen molar-refractivity contribution in [2.75, 3.05) is 26.7 Å². The molecule has 1 N–H and O–H groups in total. The summed E-state index contributed by atoms with van der Waals surface area (Å²) in [6.45, 7) is 1.72. The fraction of sp³-hybridized carbons (Fsp3) is 0.533. The van der Waals surface area contributed by atoms with Gasteiger partial charge in [-0.3, -0.25) is 9.59 Å². The van der Waals surface area contributed by atoms with Gasteiger partial charge in [0.1, 0.15) is 5.56 Å². The van der Waals surface area contributed by atoms with Crippen LogP contribution in [0.2, 0.25) is 0 Å². The zero-order valence-electron chi connectivity index (χ0n) is 12.9. The van der Waals surface area contributed by atoms with E-state index in [2.05, 4.69) is 10.1 Å². The van der Waals surface area contributed by atoms with Gasteiger partial charge in [-0.15, -0.1) is 0 Å². The monoisotopic (exact) mass is 307 g/mol. The predicted molar refractivity (Wildman–Crippen MR) is 80.7 cm³/mol. The molecule has 0 spiro atoms. The second-order valence-corrected chi connectivity index (χ2v) is 5.45. The van der Waals surface area contributed by atoms with Gasteiger partial charge in [-0.25, -0.2) is 4.79 Å². The molecule has 1 fully saturated rings. The van der Waals surface area contributed by atoms with Crippen molar-refractivity contribution in [3.8, 4) is 0 Å². The van der Waals surface area contributed by atoms with Crippen LogP contribution in [0, 0.1) is 5.92 Å². The van der Waals surface area contributed by atoms with Gasteiger partial charge in [-0.05, 0) is 30.9 Å². The number of alkyl carbamates (subject to hydrolysis) is 1. The number of methoxy groups -OCH3 is 1. The Morgan fingerprint density at radius 2 is 2.05 bits per heavy atom. The van der Waals surface area contributed by atoms with Gasteiger partial charge in [0.2, 0.25) is 0 Å². The maximum absolute atomic E-state index is 12.4. The van der Waals surface area contributed by atoms with Crippen LogP contribution in [0.5, 0.6) is 0 Å². The fourth-order valence-electron chi connectivity index (χ4n) is 2.57. The topological polar surface area (TPSA) is 80.6 Å². The summed E-state index contributed by atoms with van der Waals surface area (Å²) in [7, 11) is 2.96. The molecule has 1 aliphatic heterocycles. The van der Waals surface area contributed by atoms with Gasteiger partial charge in [-0.1, -0.05) is 0 Å². The number of pyridine rings is 1. The SMILES string of the molecule is COC(=O)NCC1CCN(C(=O)c2cccn(C)c2=O)CC1. The molecule has 0 bridgehead atoms. The molecule has 2 amide bonds. The lowest BCUT2D eigenvalue weighted by Gasteiger charge is -2.31. The van der Waals surface area contributed by atoms with Crippen molar-refractivity contribution in [3.05, 3.63) is 34.2 Å². The van der Waals surface area contributed by atoms with Crippen LogP contribution in [0.4, 0.5) is 4.79 Å². The highest BCUT2D eigenvalue weighted by Crippen LogP contribution is 2.17. The van der Waals surface area contributed by atoms with Crippen molar-refractivity contribution in [1.29, 1.82) is 0 Å². The standard InChI is InChI=1S/C15H21N3O4/c1-17-7-3-4-12(13(17)19)14(20)18-8-5-11(6-9-18)10-16-15(21)22-2/h3-4,7,11H,5-6,8-10H2,1-2H3,(H,16,21). The first-order valence-electron chi connectivity index (χ1n) is 7.29. The number of nitrogens with zero attached hydrogens (tertiary/aromatic N) is 2. The maximum atomic E-state index is 12.4. The number of nitrogens with one attached hydrogen (secondary N) is 1. The number of amides is 2. The highest BCUT2D eigenvalue weighted by Gasteiger charge is 2.25. The van der Waals surface area contributed by atoms with Gasteiger partial charge < -0.3 is 19.5 Å². The molecular weight excluding hydrogens is 286 g/mol. The van der Waals surface area contributed by atoms with E-state index in [1.165, 1.54) is 11.7 Å². The summed E-state index contributed by atoms with van der Waals surface area (Å²) < 4.78 is 5.93. The fourth-order valence-corrected chi connectivity index (χ4v) is 2.57. The van der Waals surface area contributed by atoms with Crippen LogP contribution in [-0.2, 0) is 11.8 Å². The molecule has 2 rings (SSSR count). The van der Waals surface area contributed by atoms with E-state index in [1.807, 2.05) is 0 Å². The molecule has 1 aromatic heterocycles. The lowest BCUT2D eigenvalue weighted by Crippen LogP contribution is -2.43. The van der Waals surface area contributed by atoms with Crippen molar-refractivity contribution in [2.24, 2.45) is 13.0 Å². The highest BCUT2D eigenvalue weighted by atomic mass is 16.5. The number of piperidine rings is 1. The van der Waals surface area contributed by atoms with E-state index in [1.54, 1.807) is 30.3 Å². The Hall–Kier alpha value is -2.31. The number of hydrogen-bond donors (Lipinski definition) is 1. The lowest BCUT2D eigenvalue weighted by molar-refractivity contribution is 0.0686. The average molecular weight is 307 g/mol. The molecule has 2 heterocycles. The van der Waals surface area contributed by atoms with Crippen molar-refractivity contribution in [2.45, 2.75) is 12.8 Å². The van der Waals surface area contributed by atoms with Gasteiger partial charge in [0.05, 0.1) is 7.11 Å². The minimum absolute atomic E-state index is 0.205. The Bertz CT molecular complexity index is 603. The Morgan fingerprint density at radius 3 is 2.68 bits per heavy atom. The van der Waals surface area contributed by atoms with E-state index in [4.69, 9.17) is 0 Å². The molecule has 0 unspecified atom stereocenters. The smallest absolute Gasteiger partial charge is 0.406 e. The molecule has 0 atom stereocenters. The van der Waals surface area contributed by atoms with Gasteiger partial charge in [0.25, 0.3) is 11.5 Å². The molecule has 22 heavy (non-hydrogen) atoms. The summed E-state index contributed by atoms with van der Waals surface area (Å²) in [6, 6.07) is 3.26. The predicted octanol–water partition coefficient (Wildman–Crippen LogP) is 0.593. The molecule has 0 saturated carbocycles. The molecular formula is C15H21N3O4. The third-order valence-electron chi connectivity index (χ3n) is 3.98. The minimum Gasteiger partial charge on any atom is -0.453 e. The molecule has 0 radical (unpaired) electrons. The van der Waals surface area contributed by atoms with E-state index in [9.17, 15) is 14.4 Å². The van der Waals surface area contributed by atoms with Crippen LogP contribution < -0.4 is 10.9 Å². The number of likely N-dealkylation sites (tertiary alicyclic amines) is 1. The van der Waals surface area contributed by atoms with Crippen LogP contribution in [-0.4, -0.2) is 48.2 Å². The largest absolute Gasteiger partial charge is 0.453 e. The Labute approximate surface area is 128 Å². The molecule has 1 aromatic rings. The molecule has 7 heteroatoms. The zero-order chi connectivity index (χ0) is 16.1. The van der Waals surface area contributed by atoms with Gasteiger partial charge >= 0.3 is 6.09 Å². The third-order valence-corrected chi connectivity index (χ3v) is 3.98. The summed E-state index contributed by atoms with van der Waals surface area (Å²) in [5.41, 5.74) is -0.0712. The van der Waals surface area contributed by atoms with Crippen LogP contribution in [0.15, 0.2) is 23.1 Å². The normalized spacial score (nSPS) is 15.5. The van der Waals surface area contributed by atoms with E-state index in [-0.39, 0.29) is 17.0 Å². The number of hydrogen-bond acceptors (Lipinski definition) is 4. The summed E-state index contributed by atoms with van der Waals surface area (Å²) in [4.78, 5) is 37.1. The first-order chi connectivity index (χ1) is 10.5. The summed E-state index contributed by atoms with van der Waals surface area (Å²) in [5, 5.41) is 2.68. The first-order valence-corrected chi connectivity index (χ1v) is 7.29. The van der Waals surface area contributed by atoms with E-state index in [0.717, 1.165) is 12.8 Å². The number of aryl methyl sites for hydroxylation is 1. The molecule has 1 saturated heterocycles. The maximum Gasteiger partial charge on any atom is 0.406 e. The Kier molecular flexibility index (Phi) is 5.19. The number of rotatable bonds is 3. The minimum atomic E-state index is -0.439. The van der Waals surface area contributed by atoms with E-state index < -0.39 is 6.09 Å². The number of ether oxygens (including phenoxy) is 1. The number of aromatic nitrogens is 1. The quantitative estimate of drug-likeness (QED) is 0.886. The van der Waals surface area contributed by atoms with Gasteiger partial charge in [-0.2, -0.15) is 0 Å². The third kappa shape index (κ3) is 3.66. The van der Waals surface area contributed by atoms with Crippen LogP contribution in [0.1, 0.15) is 23.2 Å². The average Bonchev–Trinajstić information content (AvgIpc) is 2.55. The molecule has 0 aliphatic carbocycles. The van der Waals surface area contributed by atoms with Gasteiger partial charge in [0, 0.05) is 32.9 Å². The molecule has 7 nitrogen and oxygen atoms in total.